The van der Waals surface area contributed by atoms with Crippen LogP contribution < -0.4 is 16.0 Å². The van der Waals surface area contributed by atoms with Crippen LogP contribution in [0, 0.1) is 12.8 Å². The lowest BCUT2D eigenvalue weighted by molar-refractivity contribution is -0.157. The lowest BCUT2D eigenvalue weighted by Gasteiger charge is -2.18. The summed E-state index contributed by atoms with van der Waals surface area (Å²) in [5.41, 5.74) is 2.85. The van der Waals surface area contributed by atoms with Crippen molar-refractivity contribution in [3.63, 3.8) is 0 Å². The molecule has 3 N–H and O–H groups in total. The van der Waals surface area contributed by atoms with Crippen molar-refractivity contribution >= 4 is 29.2 Å². The summed E-state index contributed by atoms with van der Waals surface area (Å²) in [5.74, 6) is -2.00. The van der Waals surface area contributed by atoms with E-state index in [1.54, 1.807) is 30.3 Å². The average molecular weight is 448 g/mol. The number of anilines is 2. The summed E-state index contributed by atoms with van der Waals surface area (Å²) >= 11 is 0. The van der Waals surface area contributed by atoms with E-state index < -0.39 is 36.5 Å². The highest BCUT2D eigenvalue weighted by Crippen LogP contribution is 2.24. The minimum absolute atomic E-state index is 0.109. The second-order valence-electron chi connectivity index (χ2n) is 7.66. The van der Waals surface area contributed by atoms with Crippen molar-refractivity contribution in [2.45, 2.75) is 26.1 Å². The van der Waals surface area contributed by atoms with Crippen molar-refractivity contribution in [1.82, 2.24) is 10.2 Å². The van der Waals surface area contributed by atoms with Gasteiger partial charge in [-0.2, -0.15) is 13.2 Å². The molecular formula is C22H23F3N4O3. The number of alkyl halides is 3. The number of halogens is 3. The van der Waals surface area contributed by atoms with Crippen LogP contribution >= 0.6 is 0 Å². The number of carbonyl (C=O) groups excluding carboxylic acids is 3. The minimum atomic E-state index is -4.50. The van der Waals surface area contributed by atoms with Gasteiger partial charge in [0.05, 0.1) is 5.92 Å². The van der Waals surface area contributed by atoms with Crippen LogP contribution in [0.15, 0.2) is 48.5 Å². The average Bonchev–Trinajstić information content (AvgIpc) is 3.05. The zero-order chi connectivity index (χ0) is 23.3. The number of benzene rings is 2. The van der Waals surface area contributed by atoms with Gasteiger partial charge in [0.25, 0.3) is 0 Å². The third-order valence-electron chi connectivity index (χ3n) is 4.88. The summed E-state index contributed by atoms with van der Waals surface area (Å²) in [7, 11) is 0. The molecule has 0 aromatic heterocycles. The summed E-state index contributed by atoms with van der Waals surface area (Å²) in [4.78, 5) is 36.9. The van der Waals surface area contributed by atoms with E-state index in [0.29, 0.717) is 21.8 Å². The molecule has 4 amide bonds. The zero-order valence-electron chi connectivity index (χ0n) is 17.3. The molecule has 170 valence electrons. The first kappa shape index (κ1) is 23.1. The molecule has 10 heteroatoms. The molecule has 1 unspecified atom stereocenters. The largest absolute Gasteiger partial charge is 0.406 e. The highest BCUT2D eigenvalue weighted by atomic mass is 19.4. The van der Waals surface area contributed by atoms with Crippen molar-refractivity contribution in [1.29, 1.82) is 0 Å². The first-order chi connectivity index (χ1) is 15.1. The van der Waals surface area contributed by atoms with Crippen LogP contribution in [-0.4, -0.2) is 42.0 Å². The molecule has 32 heavy (non-hydrogen) atoms. The zero-order valence-corrected chi connectivity index (χ0v) is 17.3. The summed E-state index contributed by atoms with van der Waals surface area (Å²) < 4.78 is 37.6. The van der Waals surface area contributed by atoms with Gasteiger partial charge in [-0.25, -0.2) is 4.79 Å². The number of hydrogen-bond donors (Lipinski definition) is 3. The molecule has 7 nitrogen and oxygen atoms in total. The molecule has 0 aliphatic carbocycles. The lowest BCUT2D eigenvalue weighted by Crippen LogP contribution is -2.37. The van der Waals surface area contributed by atoms with E-state index in [1.165, 1.54) is 0 Å². The second kappa shape index (κ2) is 9.71. The SMILES string of the molecule is Cc1cccc(NC(=O)Nc2cccc(CNC(=O)C3CC(=O)N(CC(F)(F)F)C3)c2)c1. The minimum Gasteiger partial charge on any atom is -0.352 e. The first-order valence-corrected chi connectivity index (χ1v) is 9.95. The molecule has 0 saturated carbocycles. The maximum Gasteiger partial charge on any atom is 0.406 e. The maximum atomic E-state index is 12.5. The summed E-state index contributed by atoms with van der Waals surface area (Å²) in [6.07, 6.45) is -4.75. The molecule has 3 rings (SSSR count). The van der Waals surface area contributed by atoms with Crippen LogP contribution in [0.2, 0.25) is 0 Å². The Balaban J connectivity index is 1.51. The number of likely N-dealkylation sites (tertiary alicyclic amines) is 1. The summed E-state index contributed by atoms with van der Waals surface area (Å²) in [6, 6.07) is 13.7. The van der Waals surface area contributed by atoms with Crippen molar-refractivity contribution in [2.75, 3.05) is 23.7 Å². The molecular weight excluding hydrogens is 425 g/mol. The van der Waals surface area contributed by atoms with Crippen LogP contribution in [-0.2, 0) is 16.1 Å². The lowest BCUT2D eigenvalue weighted by atomic mass is 10.1. The van der Waals surface area contributed by atoms with Gasteiger partial charge in [0.2, 0.25) is 11.8 Å². The van der Waals surface area contributed by atoms with Gasteiger partial charge in [0, 0.05) is 30.9 Å². The van der Waals surface area contributed by atoms with E-state index in [4.69, 9.17) is 0 Å². The van der Waals surface area contributed by atoms with E-state index in [9.17, 15) is 27.6 Å². The fourth-order valence-electron chi connectivity index (χ4n) is 3.43. The standard InChI is InChI=1S/C22H23F3N4O3/c1-14-4-2-6-17(8-14)27-21(32)28-18-7-3-5-15(9-18)11-26-20(31)16-10-19(30)29(12-16)13-22(23,24)25/h2-9,16H,10-13H2,1H3,(H,26,31)(H2,27,28,32). The number of carbonyl (C=O) groups is 3. The van der Waals surface area contributed by atoms with Gasteiger partial charge < -0.3 is 20.9 Å². The molecule has 2 aromatic carbocycles. The monoisotopic (exact) mass is 448 g/mol. The van der Waals surface area contributed by atoms with Crippen LogP contribution in [0.1, 0.15) is 17.5 Å². The molecule has 1 aliphatic heterocycles. The highest BCUT2D eigenvalue weighted by molar-refractivity contribution is 5.99. The third-order valence-corrected chi connectivity index (χ3v) is 4.88. The Morgan fingerprint density at radius 1 is 1.06 bits per heavy atom. The van der Waals surface area contributed by atoms with Crippen molar-refractivity contribution in [3.05, 3.63) is 59.7 Å². The predicted octanol–water partition coefficient (Wildman–Crippen LogP) is 3.67. The fraction of sp³-hybridized carbons (Fsp3) is 0.318. The molecule has 1 fully saturated rings. The van der Waals surface area contributed by atoms with Crippen LogP contribution in [0.5, 0.6) is 0 Å². The van der Waals surface area contributed by atoms with Gasteiger partial charge in [0.1, 0.15) is 6.54 Å². The summed E-state index contributed by atoms with van der Waals surface area (Å²) in [6.45, 7) is 0.410. The van der Waals surface area contributed by atoms with Gasteiger partial charge in [-0.1, -0.05) is 24.3 Å². The van der Waals surface area contributed by atoms with Crippen LogP contribution in [0.4, 0.5) is 29.3 Å². The number of nitrogens with one attached hydrogen (secondary N) is 3. The molecule has 1 saturated heterocycles. The second-order valence-corrected chi connectivity index (χ2v) is 7.66. The van der Waals surface area contributed by atoms with Crippen LogP contribution in [0.3, 0.4) is 0 Å². The van der Waals surface area contributed by atoms with Crippen molar-refractivity contribution in [2.24, 2.45) is 5.92 Å². The number of amides is 4. The molecule has 2 aromatic rings. The molecule has 1 atom stereocenters. The Labute approximate surface area is 183 Å². The molecule has 1 aliphatic rings. The number of nitrogens with zero attached hydrogens (tertiary/aromatic N) is 1. The molecule has 0 bridgehead atoms. The fourth-order valence-corrected chi connectivity index (χ4v) is 3.43. The normalized spacial score (nSPS) is 16.1. The Bertz CT molecular complexity index is 1010. The third kappa shape index (κ3) is 6.73. The van der Waals surface area contributed by atoms with E-state index in [0.717, 1.165) is 5.56 Å². The molecule has 0 radical (unpaired) electrons. The molecule has 0 spiro atoms. The predicted molar refractivity (Wildman–Crippen MR) is 113 cm³/mol. The Hall–Kier alpha value is -3.56. The number of urea groups is 1. The first-order valence-electron chi connectivity index (χ1n) is 9.95. The molecule has 1 heterocycles. The number of hydrogen-bond acceptors (Lipinski definition) is 3. The maximum absolute atomic E-state index is 12.5. The Morgan fingerprint density at radius 2 is 1.72 bits per heavy atom. The van der Waals surface area contributed by atoms with Crippen molar-refractivity contribution in [3.8, 4) is 0 Å². The van der Waals surface area contributed by atoms with Gasteiger partial charge in [0.15, 0.2) is 0 Å². The van der Waals surface area contributed by atoms with E-state index >= 15 is 0 Å². The van der Waals surface area contributed by atoms with E-state index in [-0.39, 0.29) is 19.5 Å². The smallest absolute Gasteiger partial charge is 0.352 e. The van der Waals surface area contributed by atoms with Crippen LogP contribution in [0.25, 0.3) is 0 Å². The van der Waals surface area contributed by atoms with Gasteiger partial charge in [-0.05, 0) is 42.3 Å². The number of rotatable bonds is 6. The van der Waals surface area contributed by atoms with Crippen molar-refractivity contribution < 1.29 is 27.6 Å². The van der Waals surface area contributed by atoms with Gasteiger partial charge >= 0.3 is 12.2 Å². The Morgan fingerprint density at radius 3 is 2.38 bits per heavy atom. The van der Waals surface area contributed by atoms with E-state index in [1.807, 2.05) is 25.1 Å². The van der Waals surface area contributed by atoms with Gasteiger partial charge in [-0.15, -0.1) is 0 Å². The quantitative estimate of drug-likeness (QED) is 0.630. The summed E-state index contributed by atoms with van der Waals surface area (Å²) in [5, 5.41) is 8.08. The van der Waals surface area contributed by atoms with Gasteiger partial charge in [-0.3, -0.25) is 9.59 Å². The number of aryl methyl sites for hydroxylation is 1. The Kier molecular flexibility index (Phi) is 7.01. The topological polar surface area (TPSA) is 90.5 Å². The van der Waals surface area contributed by atoms with E-state index in [2.05, 4.69) is 16.0 Å². The highest BCUT2D eigenvalue weighted by Gasteiger charge is 2.40.